The Morgan fingerprint density at radius 3 is 2.30 bits per heavy atom. The largest absolute Gasteiger partial charge is 0.325 e. The molecule has 1 amide bonds. The van der Waals surface area contributed by atoms with E-state index in [1.165, 1.54) is 11.8 Å². The molecule has 6 heteroatoms. The lowest BCUT2D eigenvalue weighted by Crippen LogP contribution is -2.20. The van der Waals surface area contributed by atoms with E-state index in [1.54, 1.807) is 0 Å². The van der Waals surface area contributed by atoms with Crippen molar-refractivity contribution in [3.8, 4) is 0 Å². The summed E-state index contributed by atoms with van der Waals surface area (Å²) in [5.74, 6) is 0.0750. The van der Waals surface area contributed by atoms with Gasteiger partial charge in [0.15, 0.2) is 5.16 Å². The average molecular weight is 422 g/mol. The van der Waals surface area contributed by atoms with Gasteiger partial charge in [-0.3, -0.25) is 9.59 Å². The van der Waals surface area contributed by atoms with Crippen LogP contribution in [0, 0.1) is 6.92 Å². The second-order valence-electron chi connectivity index (χ2n) is 7.09. The Balaban J connectivity index is 1.68. The molecule has 0 saturated heterocycles. The molecule has 1 aromatic heterocycles. The van der Waals surface area contributed by atoms with Crippen LogP contribution in [0.3, 0.4) is 0 Å². The Hall–Kier alpha value is -2.86. The molecule has 0 saturated carbocycles. The number of aromatic nitrogens is 2. The van der Waals surface area contributed by atoms with Gasteiger partial charge in [-0.15, -0.1) is 0 Å². The minimum Gasteiger partial charge on any atom is -0.325 e. The molecule has 3 rings (SSSR count). The number of amides is 1. The van der Waals surface area contributed by atoms with Crippen molar-refractivity contribution in [2.45, 2.75) is 45.2 Å². The van der Waals surface area contributed by atoms with E-state index in [4.69, 9.17) is 0 Å². The maximum Gasteiger partial charge on any atom is 0.255 e. The van der Waals surface area contributed by atoms with E-state index < -0.39 is 0 Å². The van der Waals surface area contributed by atoms with Crippen LogP contribution in [0.5, 0.6) is 0 Å². The van der Waals surface area contributed by atoms with Gasteiger partial charge in [0.25, 0.3) is 5.56 Å². The summed E-state index contributed by atoms with van der Waals surface area (Å²) >= 11 is 1.24. The summed E-state index contributed by atoms with van der Waals surface area (Å²) in [6.45, 7) is 5.99. The molecule has 0 unspecified atom stereocenters. The minimum atomic E-state index is -0.154. The fourth-order valence-electron chi connectivity index (χ4n) is 3.37. The molecular formula is C24H27N3O2S. The fraction of sp³-hybridized carbons (Fsp3) is 0.292. The zero-order chi connectivity index (χ0) is 21.5. The second-order valence-corrected chi connectivity index (χ2v) is 8.06. The minimum absolute atomic E-state index is 0.107. The summed E-state index contributed by atoms with van der Waals surface area (Å²) in [4.78, 5) is 32.4. The molecule has 2 aromatic carbocycles. The summed E-state index contributed by atoms with van der Waals surface area (Å²) in [6.07, 6.45) is 2.25. The van der Waals surface area contributed by atoms with Gasteiger partial charge < -0.3 is 10.3 Å². The average Bonchev–Trinajstić information content (AvgIpc) is 2.75. The van der Waals surface area contributed by atoms with Crippen molar-refractivity contribution in [3.63, 3.8) is 0 Å². The Labute approximate surface area is 181 Å². The molecule has 0 atom stereocenters. The predicted octanol–water partition coefficient (Wildman–Crippen LogP) is 4.52. The SMILES string of the molecule is CCc1cccc(CC)c1NC(=O)CSc1nc(C)c(Cc2ccccc2)c(=O)[nH]1. The number of benzene rings is 2. The topological polar surface area (TPSA) is 74.8 Å². The van der Waals surface area contributed by atoms with Gasteiger partial charge >= 0.3 is 0 Å². The fourth-order valence-corrected chi connectivity index (χ4v) is 4.08. The zero-order valence-electron chi connectivity index (χ0n) is 17.6. The summed E-state index contributed by atoms with van der Waals surface area (Å²) in [7, 11) is 0. The summed E-state index contributed by atoms with van der Waals surface area (Å²) in [5, 5.41) is 3.51. The van der Waals surface area contributed by atoms with Gasteiger partial charge in [0.1, 0.15) is 0 Å². The zero-order valence-corrected chi connectivity index (χ0v) is 18.4. The van der Waals surface area contributed by atoms with Gasteiger partial charge in [-0.25, -0.2) is 4.98 Å². The molecule has 2 N–H and O–H groups in total. The lowest BCUT2D eigenvalue weighted by molar-refractivity contribution is -0.113. The highest BCUT2D eigenvalue weighted by Crippen LogP contribution is 2.23. The maximum atomic E-state index is 12.6. The van der Waals surface area contributed by atoms with Gasteiger partial charge in [0, 0.05) is 23.4 Å². The lowest BCUT2D eigenvalue weighted by Gasteiger charge is -2.14. The Bertz CT molecular complexity index is 1060. The number of carbonyl (C=O) groups excluding carboxylic acids is 1. The molecule has 0 fully saturated rings. The van der Waals surface area contributed by atoms with Crippen LogP contribution in [-0.2, 0) is 24.1 Å². The van der Waals surface area contributed by atoms with Crippen molar-refractivity contribution >= 4 is 23.4 Å². The molecule has 30 heavy (non-hydrogen) atoms. The number of thioether (sulfide) groups is 1. The van der Waals surface area contributed by atoms with E-state index in [2.05, 4.69) is 29.1 Å². The summed E-state index contributed by atoms with van der Waals surface area (Å²) in [5.41, 5.74) is 5.41. The Morgan fingerprint density at radius 2 is 1.70 bits per heavy atom. The van der Waals surface area contributed by atoms with E-state index >= 15 is 0 Å². The number of anilines is 1. The molecular weight excluding hydrogens is 394 g/mol. The van der Waals surface area contributed by atoms with Crippen LogP contribution in [0.1, 0.15) is 41.8 Å². The van der Waals surface area contributed by atoms with E-state index in [-0.39, 0.29) is 17.2 Å². The summed E-state index contributed by atoms with van der Waals surface area (Å²) < 4.78 is 0. The van der Waals surface area contributed by atoms with Crippen molar-refractivity contribution < 1.29 is 4.79 Å². The number of carbonyl (C=O) groups is 1. The number of hydrogen-bond donors (Lipinski definition) is 2. The second kappa shape index (κ2) is 10.3. The quantitative estimate of drug-likeness (QED) is 0.414. The third-order valence-corrected chi connectivity index (χ3v) is 5.90. The molecule has 0 aliphatic rings. The molecule has 3 aromatic rings. The number of aryl methyl sites for hydroxylation is 3. The van der Waals surface area contributed by atoms with E-state index in [0.717, 1.165) is 35.2 Å². The van der Waals surface area contributed by atoms with Crippen LogP contribution >= 0.6 is 11.8 Å². The molecule has 0 radical (unpaired) electrons. The molecule has 0 bridgehead atoms. The standard InChI is InChI=1S/C24H27N3O2S/c1-4-18-12-9-13-19(5-2)22(18)26-21(28)15-30-24-25-16(3)20(23(29)27-24)14-17-10-7-6-8-11-17/h6-13H,4-5,14-15H2,1-3H3,(H,26,28)(H,25,27,29). The number of rotatable bonds is 8. The van der Waals surface area contributed by atoms with Crippen LogP contribution in [0.2, 0.25) is 0 Å². The van der Waals surface area contributed by atoms with Crippen molar-refractivity contribution in [1.82, 2.24) is 9.97 Å². The van der Waals surface area contributed by atoms with Gasteiger partial charge in [-0.05, 0) is 36.5 Å². The normalized spacial score (nSPS) is 10.8. The van der Waals surface area contributed by atoms with Gasteiger partial charge in [0.2, 0.25) is 5.91 Å². The van der Waals surface area contributed by atoms with Gasteiger partial charge in [-0.2, -0.15) is 0 Å². The van der Waals surface area contributed by atoms with Crippen LogP contribution in [0.4, 0.5) is 5.69 Å². The maximum absolute atomic E-state index is 12.6. The highest BCUT2D eigenvalue weighted by molar-refractivity contribution is 7.99. The number of nitrogens with one attached hydrogen (secondary N) is 2. The number of aromatic amines is 1. The van der Waals surface area contributed by atoms with Crippen LogP contribution in [-0.4, -0.2) is 21.6 Å². The van der Waals surface area contributed by atoms with Gasteiger partial charge in [-0.1, -0.05) is 74.1 Å². The Morgan fingerprint density at radius 1 is 1.03 bits per heavy atom. The molecule has 156 valence electrons. The Kier molecular flexibility index (Phi) is 7.46. The number of nitrogens with zero attached hydrogens (tertiary/aromatic N) is 1. The van der Waals surface area contributed by atoms with Crippen molar-refractivity contribution in [1.29, 1.82) is 0 Å². The molecule has 5 nitrogen and oxygen atoms in total. The highest BCUT2D eigenvalue weighted by Gasteiger charge is 2.13. The monoisotopic (exact) mass is 421 g/mol. The smallest absolute Gasteiger partial charge is 0.255 e. The first-order valence-electron chi connectivity index (χ1n) is 10.2. The third-order valence-electron chi connectivity index (χ3n) is 5.03. The lowest BCUT2D eigenvalue weighted by atomic mass is 10.0. The first-order chi connectivity index (χ1) is 14.5. The van der Waals surface area contributed by atoms with Crippen LogP contribution in [0.25, 0.3) is 0 Å². The van der Waals surface area contributed by atoms with Crippen molar-refractivity contribution in [2.75, 3.05) is 11.1 Å². The van der Waals surface area contributed by atoms with Gasteiger partial charge in [0.05, 0.1) is 5.75 Å². The predicted molar refractivity (Wildman–Crippen MR) is 123 cm³/mol. The van der Waals surface area contributed by atoms with Crippen LogP contribution < -0.4 is 10.9 Å². The number of para-hydroxylation sites is 1. The third kappa shape index (κ3) is 5.39. The molecule has 0 aliphatic carbocycles. The highest BCUT2D eigenvalue weighted by atomic mass is 32.2. The van der Waals surface area contributed by atoms with Crippen molar-refractivity contribution in [3.05, 3.63) is 86.8 Å². The van der Waals surface area contributed by atoms with Crippen LogP contribution in [0.15, 0.2) is 58.5 Å². The molecule has 0 spiro atoms. The van der Waals surface area contributed by atoms with E-state index in [1.807, 2.05) is 55.5 Å². The number of H-pyrrole nitrogens is 1. The first kappa shape index (κ1) is 21.8. The van der Waals surface area contributed by atoms with E-state index in [0.29, 0.717) is 22.8 Å². The first-order valence-corrected chi connectivity index (χ1v) is 11.2. The summed E-state index contributed by atoms with van der Waals surface area (Å²) in [6, 6.07) is 15.9. The van der Waals surface area contributed by atoms with Crippen molar-refractivity contribution in [2.24, 2.45) is 0 Å². The molecule has 0 aliphatic heterocycles. The van der Waals surface area contributed by atoms with E-state index in [9.17, 15) is 9.59 Å². The molecule has 1 heterocycles. The number of hydrogen-bond acceptors (Lipinski definition) is 4.